The number of ether oxygens (including phenoxy) is 3. The number of esters is 1. The molecule has 4 aromatic rings. The standard InChI is InChI=1S/C29H27N3O7S2/c1-37-25-11-10-20(15-26(25)38-2)24-18-40-29(30-24)31-27(33)17-39-28(34)21-8-5-9-23(14-21)41(35,36)32-13-12-19-6-3-4-7-22(19)16-32/h3-11,14-15,18H,12-13,16-17H2,1-2H3,(H,30,31,33). The highest BCUT2D eigenvalue weighted by atomic mass is 32.2. The van der Waals surface area contributed by atoms with Crippen molar-refractivity contribution in [2.24, 2.45) is 0 Å². The van der Waals surface area contributed by atoms with E-state index in [2.05, 4.69) is 10.3 Å². The van der Waals surface area contributed by atoms with Crippen LogP contribution >= 0.6 is 11.3 Å². The lowest BCUT2D eigenvalue weighted by Gasteiger charge is -2.28. The topological polar surface area (TPSA) is 124 Å². The maximum atomic E-state index is 13.3. The molecule has 41 heavy (non-hydrogen) atoms. The van der Waals surface area contributed by atoms with Gasteiger partial charge in [0.15, 0.2) is 23.2 Å². The van der Waals surface area contributed by atoms with Crippen LogP contribution in [-0.4, -0.2) is 57.0 Å². The molecule has 0 radical (unpaired) electrons. The molecule has 3 aromatic carbocycles. The Labute approximate surface area is 241 Å². The number of anilines is 1. The van der Waals surface area contributed by atoms with Gasteiger partial charge in [0.1, 0.15) is 0 Å². The van der Waals surface area contributed by atoms with Crippen molar-refractivity contribution < 1.29 is 32.2 Å². The summed E-state index contributed by atoms with van der Waals surface area (Å²) in [5.41, 5.74) is 3.51. The van der Waals surface area contributed by atoms with Gasteiger partial charge in [-0.2, -0.15) is 4.31 Å². The normalized spacial score (nSPS) is 13.2. The molecule has 0 fully saturated rings. The molecule has 212 valence electrons. The molecule has 0 aliphatic carbocycles. The summed E-state index contributed by atoms with van der Waals surface area (Å²) in [6.45, 7) is 0.0422. The Bertz CT molecular complexity index is 1700. The summed E-state index contributed by atoms with van der Waals surface area (Å²) in [6.07, 6.45) is 0.612. The molecule has 0 spiro atoms. The molecule has 1 amide bonds. The number of nitrogens with zero attached hydrogens (tertiary/aromatic N) is 2. The Morgan fingerprint density at radius 1 is 0.976 bits per heavy atom. The minimum atomic E-state index is -3.84. The number of amides is 1. The molecule has 1 aliphatic heterocycles. The van der Waals surface area contributed by atoms with Crippen molar-refractivity contribution in [3.8, 4) is 22.8 Å². The number of hydrogen-bond donors (Lipinski definition) is 1. The first-order chi connectivity index (χ1) is 19.8. The van der Waals surface area contributed by atoms with Gasteiger partial charge in [0.05, 0.1) is 30.4 Å². The van der Waals surface area contributed by atoms with Crippen LogP contribution in [0, 0.1) is 0 Å². The van der Waals surface area contributed by atoms with Gasteiger partial charge in [-0.3, -0.25) is 10.1 Å². The average molecular weight is 594 g/mol. The van der Waals surface area contributed by atoms with Crippen molar-refractivity contribution in [2.75, 3.05) is 32.7 Å². The number of carbonyl (C=O) groups excluding carboxylic acids is 2. The van der Waals surface area contributed by atoms with Crippen molar-refractivity contribution in [2.45, 2.75) is 17.9 Å². The zero-order valence-corrected chi connectivity index (χ0v) is 24.0. The second-order valence-corrected chi connectivity index (χ2v) is 11.9. The summed E-state index contributed by atoms with van der Waals surface area (Å²) in [4.78, 5) is 29.5. The Morgan fingerprint density at radius 2 is 1.76 bits per heavy atom. The summed E-state index contributed by atoms with van der Waals surface area (Å²) in [5, 5.41) is 4.71. The fourth-order valence-corrected chi connectivity index (χ4v) is 6.64. The molecule has 0 atom stereocenters. The van der Waals surface area contributed by atoms with Crippen molar-refractivity contribution in [1.29, 1.82) is 0 Å². The fraction of sp³-hybridized carbons (Fsp3) is 0.207. The van der Waals surface area contributed by atoms with Crippen molar-refractivity contribution >= 4 is 38.4 Å². The number of aromatic nitrogens is 1. The van der Waals surface area contributed by atoms with Gasteiger partial charge in [0, 0.05) is 24.0 Å². The van der Waals surface area contributed by atoms with Gasteiger partial charge in [-0.1, -0.05) is 30.3 Å². The van der Waals surface area contributed by atoms with Crippen LogP contribution < -0.4 is 14.8 Å². The van der Waals surface area contributed by atoms with Crippen LogP contribution in [0.25, 0.3) is 11.3 Å². The van der Waals surface area contributed by atoms with Gasteiger partial charge < -0.3 is 14.2 Å². The molecule has 1 N–H and O–H groups in total. The van der Waals surface area contributed by atoms with Gasteiger partial charge in [0.25, 0.3) is 5.91 Å². The number of carbonyl (C=O) groups is 2. The van der Waals surface area contributed by atoms with Gasteiger partial charge in [-0.25, -0.2) is 18.2 Å². The van der Waals surface area contributed by atoms with E-state index < -0.39 is 28.5 Å². The molecule has 1 aromatic heterocycles. The van der Waals surface area contributed by atoms with Crippen molar-refractivity contribution in [3.05, 3.63) is 88.8 Å². The lowest BCUT2D eigenvalue weighted by Crippen LogP contribution is -2.36. The van der Waals surface area contributed by atoms with Gasteiger partial charge in [-0.15, -0.1) is 11.3 Å². The quantitative estimate of drug-likeness (QED) is 0.284. The maximum absolute atomic E-state index is 13.3. The van der Waals surface area contributed by atoms with Crippen LogP contribution in [-0.2, 0) is 32.5 Å². The summed E-state index contributed by atoms with van der Waals surface area (Å²) in [7, 11) is -0.747. The summed E-state index contributed by atoms with van der Waals surface area (Å²) < 4.78 is 43.7. The van der Waals surface area contributed by atoms with E-state index in [0.29, 0.717) is 35.3 Å². The zero-order chi connectivity index (χ0) is 29.0. The number of methoxy groups -OCH3 is 2. The smallest absolute Gasteiger partial charge is 0.338 e. The third kappa shape index (κ3) is 6.24. The number of thiazole rings is 1. The lowest BCUT2D eigenvalue weighted by atomic mass is 10.0. The molecular formula is C29H27N3O7S2. The Hall–Kier alpha value is -4.26. The van der Waals surface area contributed by atoms with E-state index in [1.54, 1.807) is 31.7 Å². The first-order valence-electron chi connectivity index (χ1n) is 12.6. The highest BCUT2D eigenvalue weighted by molar-refractivity contribution is 7.89. The maximum Gasteiger partial charge on any atom is 0.338 e. The third-order valence-electron chi connectivity index (χ3n) is 6.57. The molecule has 10 nitrogen and oxygen atoms in total. The van der Waals surface area contributed by atoms with Crippen molar-refractivity contribution in [3.63, 3.8) is 0 Å². The third-order valence-corrected chi connectivity index (χ3v) is 9.17. The van der Waals surface area contributed by atoms with Crippen molar-refractivity contribution in [1.82, 2.24) is 9.29 Å². The van der Waals surface area contributed by atoms with Crippen LogP contribution in [0.3, 0.4) is 0 Å². The molecule has 0 unspecified atom stereocenters. The summed E-state index contributed by atoms with van der Waals surface area (Å²) in [6, 6.07) is 18.7. The molecule has 1 aliphatic rings. The Morgan fingerprint density at radius 3 is 2.54 bits per heavy atom. The number of nitrogens with one attached hydrogen (secondary N) is 1. The lowest BCUT2D eigenvalue weighted by molar-refractivity contribution is -0.119. The predicted molar refractivity (Wildman–Crippen MR) is 154 cm³/mol. The molecular weight excluding hydrogens is 566 g/mol. The molecule has 12 heteroatoms. The largest absolute Gasteiger partial charge is 0.493 e. The van der Waals surface area contributed by atoms with Crippen LogP contribution in [0.5, 0.6) is 11.5 Å². The molecule has 0 saturated heterocycles. The fourth-order valence-electron chi connectivity index (χ4n) is 4.44. The van der Waals surface area contributed by atoms with Crippen LogP contribution in [0.1, 0.15) is 21.5 Å². The number of fused-ring (bicyclic) bond motifs is 1. The number of hydrogen-bond acceptors (Lipinski definition) is 9. The minimum absolute atomic E-state index is 0.0127. The van der Waals surface area contributed by atoms with Gasteiger partial charge >= 0.3 is 5.97 Å². The van der Waals surface area contributed by atoms with Crippen LogP contribution in [0.2, 0.25) is 0 Å². The van der Waals surface area contributed by atoms with E-state index in [-0.39, 0.29) is 17.0 Å². The molecule has 0 bridgehead atoms. The van der Waals surface area contributed by atoms with E-state index in [1.807, 2.05) is 30.3 Å². The predicted octanol–water partition coefficient (Wildman–Crippen LogP) is 4.37. The van der Waals surface area contributed by atoms with Gasteiger partial charge in [0.2, 0.25) is 10.0 Å². The Balaban J connectivity index is 1.19. The number of benzene rings is 3. The van der Waals surface area contributed by atoms with E-state index in [0.717, 1.165) is 16.7 Å². The van der Waals surface area contributed by atoms with Gasteiger partial charge in [-0.05, 0) is 53.9 Å². The zero-order valence-electron chi connectivity index (χ0n) is 22.3. The SMILES string of the molecule is COc1ccc(-c2csc(NC(=O)COC(=O)c3cccc(S(=O)(=O)N4CCc5ccccc5C4)c3)n2)cc1OC. The van der Waals surface area contributed by atoms with E-state index in [1.165, 1.54) is 39.9 Å². The summed E-state index contributed by atoms with van der Waals surface area (Å²) >= 11 is 1.21. The first kappa shape index (κ1) is 28.3. The Kier molecular flexibility index (Phi) is 8.34. The van der Waals surface area contributed by atoms with E-state index >= 15 is 0 Å². The van der Waals surface area contributed by atoms with Crippen LogP contribution in [0.4, 0.5) is 5.13 Å². The molecule has 5 rings (SSSR count). The molecule has 2 heterocycles. The monoisotopic (exact) mass is 593 g/mol. The second-order valence-electron chi connectivity index (χ2n) is 9.12. The highest BCUT2D eigenvalue weighted by Crippen LogP contribution is 2.33. The first-order valence-corrected chi connectivity index (χ1v) is 14.9. The minimum Gasteiger partial charge on any atom is -0.493 e. The number of sulfonamides is 1. The average Bonchev–Trinajstić information content (AvgIpc) is 3.47. The van der Waals surface area contributed by atoms with E-state index in [9.17, 15) is 18.0 Å². The van der Waals surface area contributed by atoms with Crippen LogP contribution in [0.15, 0.2) is 77.0 Å². The summed E-state index contributed by atoms with van der Waals surface area (Å²) in [5.74, 6) is -0.260. The number of rotatable bonds is 9. The molecule has 0 saturated carbocycles. The highest BCUT2D eigenvalue weighted by Gasteiger charge is 2.29. The van der Waals surface area contributed by atoms with E-state index in [4.69, 9.17) is 14.2 Å². The second kappa shape index (κ2) is 12.1.